The molecule has 0 atom stereocenters. The Balaban J connectivity index is 0.00000240. The van der Waals surface area contributed by atoms with E-state index in [9.17, 15) is 14.4 Å². The summed E-state index contributed by atoms with van der Waals surface area (Å²) in [6, 6.07) is 7.96. The van der Waals surface area contributed by atoms with Gasteiger partial charge in [0, 0.05) is 22.5 Å². The van der Waals surface area contributed by atoms with Crippen molar-refractivity contribution in [3.05, 3.63) is 36.5 Å². The number of benzene rings is 2. The van der Waals surface area contributed by atoms with Crippen molar-refractivity contribution < 1.29 is 96.9 Å². The molecule has 0 saturated carbocycles. The third-order valence-corrected chi connectivity index (χ3v) is 4.64. The minimum absolute atomic E-state index is 0. The zero-order valence-electron chi connectivity index (χ0n) is 18.1. The number of fused-ring (bicyclic) bond motifs is 1. The number of ether oxygens (including phenoxy) is 4. The summed E-state index contributed by atoms with van der Waals surface area (Å²) in [4.78, 5) is 26.3. The van der Waals surface area contributed by atoms with Crippen LogP contribution in [0.2, 0.25) is 0 Å². The van der Waals surface area contributed by atoms with Crippen molar-refractivity contribution in [2.24, 2.45) is 0 Å². The van der Waals surface area contributed by atoms with E-state index in [0.717, 1.165) is 5.39 Å². The molecular formula is C19H18NNa2O8P. The quantitative estimate of drug-likeness (QED) is 0.255. The Kier molecular flexibility index (Phi) is 10.6. The average Bonchev–Trinajstić information content (AvgIpc) is 2.70. The minimum Gasteiger partial charge on any atom is -0.780 e. The molecule has 3 aromatic rings. The SMILES string of the molecule is COc1cc(-c2nccc3c(OC)c(OC)c(OC)cc23)ccc1OP(=O)([O-])[O-].[Na+].[Na+]. The summed E-state index contributed by atoms with van der Waals surface area (Å²) >= 11 is 0. The molecule has 1 heterocycles. The van der Waals surface area contributed by atoms with Crippen LogP contribution < -0.4 is 92.4 Å². The van der Waals surface area contributed by atoms with Gasteiger partial charge < -0.3 is 37.8 Å². The normalized spacial score (nSPS) is 10.5. The van der Waals surface area contributed by atoms with Gasteiger partial charge in [-0.1, -0.05) is 0 Å². The van der Waals surface area contributed by atoms with Gasteiger partial charge in [0.2, 0.25) is 5.75 Å². The van der Waals surface area contributed by atoms with Crippen LogP contribution in [0, 0.1) is 0 Å². The van der Waals surface area contributed by atoms with E-state index in [1.54, 1.807) is 24.4 Å². The van der Waals surface area contributed by atoms with Crippen molar-refractivity contribution in [2.45, 2.75) is 0 Å². The molecule has 0 aliphatic carbocycles. The van der Waals surface area contributed by atoms with E-state index in [1.807, 2.05) is 0 Å². The molecule has 3 rings (SSSR count). The monoisotopic (exact) mass is 465 g/mol. The number of hydrogen-bond acceptors (Lipinski definition) is 9. The number of rotatable bonds is 7. The second-order valence-electron chi connectivity index (χ2n) is 5.80. The summed E-state index contributed by atoms with van der Waals surface area (Å²) in [6.07, 6.45) is 1.60. The van der Waals surface area contributed by atoms with Crippen LogP contribution in [0.3, 0.4) is 0 Å². The fraction of sp³-hybridized carbons (Fsp3) is 0.211. The Hall–Kier alpha value is -1.00. The van der Waals surface area contributed by atoms with E-state index >= 15 is 0 Å². The molecule has 0 fully saturated rings. The van der Waals surface area contributed by atoms with E-state index in [2.05, 4.69) is 9.51 Å². The predicted molar refractivity (Wildman–Crippen MR) is 102 cm³/mol. The molecule has 9 nitrogen and oxygen atoms in total. The Bertz CT molecular complexity index is 1110. The van der Waals surface area contributed by atoms with Crippen molar-refractivity contribution in [3.63, 3.8) is 0 Å². The van der Waals surface area contributed by atoms with Crippen LogP contribution in [0.4, 0.5) is 0 Å². The second kappa shape index (κ2) is 11.7. The Morgan fingerprint density at radius 3 is 1.97 bits per heavy atom. The molecule has 0 bridgehead atoms. The molecule has 0 spiro atoms. The summed E-state index contributed by atoms with van der Waals surface area (Å²) in [5, 5.41) is 1.44. The van der Waals surface area contributed by atoms with Gasteiger partial charge in [-0.25, -0.2) is 0 Å². The van der Waals surface area contributed by atoms with Gasteiger partial charge >= 0.3 is 59.1 Å². The first kappa shape index (κ1) is 28.0. The van der Waals surface area contributed by atoms with Crippen LogP contribution in [0.15, 0.2) is 36.5 Å². The molecule has 31 heavy (non-hydrogen) atoms. The Morgan fingerprint density at radius 1 is 0.774 bits per heavy atom. The smallest absolute Gasteiger partial charge is 0.780 e. The first-order valence-corrected chi connectivity index (χ1v) is 9.76. The van der Waals surface area contributed by atoms with E-state index in [4.69, 9.17) is 18.9 Å². The van der Waals surface area contributed by atoms with Crippen LogP contribution in [0.25, 0.3) is 22.0 Å². The largest absolute Gasteiger partial charge is 1.00 e. The van der Waals surface area contributed by atoms with E-state index in [1.165, 1.54) is 40.6 Å². The Labute approximate surface area is 223 Å². The van der Waals surface area contributed by atoms with Crippen LogP contribution >= 0.6 is 7.82 Å². The molecule has 12 heteroatoms. The molecule has 0 aliphatic rings. The summed E-state index contributed by atoms with van der Waals surface area (Å²) in [6.45, 7) is 0. The van der Waals surface area contributed by atoms with Gasteiger partial charge in [0.05, 0.1) is 34.1 Å². The van der Waals surface area contributed by atoms with E-state index in [0.29, 0.717) is 33.9 Å². The number of methoxy groups -OCH3 is 4. The molecule has 0 radical (unpaired) electrons. The number of aromatic nitrogens is 1. The van der Waals surface area contributed by atoms with Crippen molar-refractivity contribution in [1.82, 2.24) is 4.98 Å². The fourth-order valence-corrected chi connectivity index (χ4v) is 3.43. The van der Waals surface area contributed by atoms with Crippen molar-refractivity contribution in [2.75, 3.05) is 28.4 Å². The van der Waals surface area contributed by atoms with E-state index in [-0.39, 0.29) is 70.6 Å². The standard InChI is InChI=1S/C19H20NO8P.2Na/c1-24-15-9-11(5-6-14(15)28-29(21,22)23)17-13-10-16(25-2)19(27-4)18(26-3)12(13)7-8-20-17;;/h5-10H,1-4H3,(H2,21,22,23);;/q;2*+1/p-2. The molecule has 0 amide bonds. The van der Waals surface area contributed by atoms with Gasteiger partial charge in [0.25, 0.3) is 0 Å². The number of phosphoric acid groups is 1. The minimum atomic E-state index is -5.23. The molecular weight excluding hydrogens is 447 g/mol. The maximum absolute atomic E-state index is 10.9. The zero-order valence-corrected chi connectivity index (χ0v) is 23.0. The molecule has 1 aromatic heterocycles. The van der Waals surface area contributed by atoms with Crippen LogP contribution in [0.1, 0.15) is 0 Å². The van der Waals surface area contributed by atoms with Crippen LogP contribution in [-0.2, 0) is 4.57 Å². The molecule has 0 unspecified atom stereocenters. The van der Waals surface area contributed by atoms with Gasteiger partial charge in [-0.15, -0.1) is 0 Å². The fourth-order valence-electron chi connectivity index (χ4n) is 3.04. The third-order valence-electron chi connectivity index (χ3n) is 4.22. The summed E-state index contributed by atoms with van der Waals surface area (Å²) in [5.41, 5.74) is 1.15. The predicted octanol–water partition coefficient (Wildman–Crippen LogP) is -3.85. The van der Waals surface area contributed by atoms with Crippen molar-refractivity contribution in [3.8, 4) is 40.0 Å². The molecule has 0 saturated heterocycles. The summed E-state index contributed by atoms with van der Waals surface area (Å²) < 4.78 is 36.9. The topological polar surface area (TPSA) is 122 Å². The summed E-state index contributed by atoms with van der Waals surface area (Å²) in [5.74, 6) is 1.25. The molecule has 0 aliphatic heterocycles. The molecule has 0 N–H and O–H groups in total. The first-order valence-electron chi connectivity index (χ1n) is 8.30. The van der Waals surface area contributed by atoms with Crippen molar-refractivity contribution >= 4 is 18.6 Å². The summed E-state index contributed by atoms with van der Waals surface area (Å²) in [7, 11) is 0.659. The van der Waals surface area contributed by atoms with Crippen LogP contribution in [0.5, 0.6) is 28.7 Å². The van der Waals surface area contributed by atoms with E-state index < -0.39 is 7.82 Å². The second-order valence-corrected chi connectivity index (χ2v) is 6.88. The number of phosphoric ester groups is 1. The van der Waals surface area contributed by atoms with Gasteiger partial charge in [-0.05, 0) is 30.3 Å². The maximum atomic E-state index is 10.9. The van der Waals surface area contributed by atoms with Gasteiger partial charge in [0.15, 0.2) is 23.0 Å². The number of pyridine rings is 1. The van der Waals surface area contributed by atoms with Gasteiger partial charge in [-0.3, -0.25) is 4.98 Å². The molecule has 154 valence electrons. The van der Waals surface area contributed by atoms with Crippen LogP contribution in [-0.4, -0.2) is 33.4 Å². The number of hydrogen-bond donors (Lipinski definition) is 0. The van der Waals surface area contributed by atoms with Gasteiger partial charge in [-0.2, -0.15) is 0 Å². The first-order chi connectivity index (χ1) is 13.8. The zero-order chi connectivity index (χ0) is 21.2. The molecule has 2 aromatic carbocycles. The van der Waals surface area contributed by atoms with Crippen molar-refractivity contribution in [1.29, 1.82) is 0 Å². The Morgan fingerprint density at radius 2 is 1.42 bits per heavy atom. The number of nitrogens with zero attached hydrogens (tertiary/aromatic N) is 1. The average molecular weight is 465 g/mol. The maximum Gasteiger partial charge on any atom is 1.00 e. The van der Waals surface area contributed by atoms with Gasteiger partial charge in [0.1, 0.15) is 7.82 Å². The third kappa shape index (κ3) is 6.07.